The quantitative estimate of drug-likeness (QED) is 0.911. The van der Waals surface area contributed by atoms with E-state index in [2.05, 4.69) is 53.8 Å². The number of ether oxygens (including phenoxy) is 1. The molecule has 1 aliphatic rings. The van der Waals surface area contributed by atoms with Crippen LogP contribution in [0.3, 0.4) is 0 Å². The minimum absolute atomic E-state index is 0.354. The van der Waals surface area contributed by atoms with Gasteiger partial charge in [-0.3, -0.25) is 0 Å². The van der Waals surface area contributed by atoms with Crippen LogP contribution < -0.4 is 10.1 Å². The Labute approximate surface area is 120 Å². The molecule has 1 unspecified atom stereocenters. The summed E-state index contributed by atoms with van der Waals surface area (Å²) >= 11 is 0. The molecule has 1 saturated heterocycles. The molecule has 0 saturated carbocycles. The predicted molar refractivity (Wildman–Crippen MR) is 83.0 cm³/mol. The van der Waals surface area contributed by atoms with Gasteiger partial charge in [-0.1, -0.05) is 42.5 Å². The van der Waals surface area contributed by atoms with E-state index in [9.17, 15) is 0 Å². The molecule has 1 aliphatic heterocycles. The van der Waals surface area contributed by atoms with Crippen molar-refractivity contribution in [1.82, 2.24) is 5.32 Å². The van der Waals surface area contributed by atoms with Crippen LogP contribution in [0.1, 0.15) is 19.3 Å². The first-order chi connectivity index (χ1) is 9.92. The fraction of sp³-hybridized carbons (Fsp3) is 0.333. The summed E-state index contributed by atoms with van der Waals surface area (Å²) in [6.07, 6.45) is 3.80. The fourth-order valence-corrected chi connectivity index (χ4v) is 2.65. The lowest BCUT2D eigenvalue weighted by Gasteiger charge is -2.16. The maximum absolute atomic E-state index is 6.09. The van der Waals surface area contributed by atoms with E-state index < -0.39 is 0 Å². The van der Waals surface area contributed by atoms with E-state index in [1.807, 2.05) is 6.07 Å². The molecule has 0 spiro atoms. The molecule has 0 radical (unpaired) electrons. The number of rotatable bonds is 3. The molecule has 2 heteroatoms. The van der Waals surface area contributed by atoms with Gasteiger partial charge in [0.05, 0.1) is 6.10 Å². The Bertz CT molecular complexity index is 513. The van der Waals surface area contributed by atoms with Crippen LogP contribution in [0.4, 0.5) is 0 Å². The van der Waals surface area contributed by atoms with Gasteiger partial charge in [-0.05, 0) is 55.6 Å². The van der Waals surface area contributed by atoms with E-state index in [0.717, 1.165) is 31.7 Å². The summed E-state index contributed by atoms with van der Waals surface area (Å²) < 4.78 is 6.09. The highest BCUT2D eigenvalue weighted by Crippen LogP contribution is 2.23. The van der Waals surface area contributed by atoms with Crippen LogP contribution in [0.2, 0.25) is 0 Å². The van der Waals surface area contributed by atoms with Gasteiger partial charge in [0.25, 0.3) is 0 Å². The van der Waals surface area contributed by atoms with E-state index in [4.69, 9.17) is 4.74 Å². The maximum atomic E-state index is 6.09. The second-order valence-electron chi connectivity index (χ2n) is 5.31. The van der Waals surface area contributed by atoms with Crippen molar-refractivity contribution in [1.29, 1.82) is 0 Å². The van der Waals surface area contributed by atoms with Gasteiger partial charge < -0.3 is 10.1 Å². The van der Waals surface area contributed by atoms with Crippen molar-refractivity contribution >= 4 is 0 Å². The lowest BCUT2D eigenvalue weighted by molar-refractivity contribution is 0.187. The van der Waals surface area contributed by atoms with Gasteiger partial charge in [0.2, 0.25) is 0 Å². The minimum Gasteiger partial charge on any atom is -0.490 e. The fourth-order valence-electron chi connectivity index (χ4n) is 2.65. The van der Waals surface area contributed by atoms with Crippen molar-refractivity contribution in [2.45, 2.75) is 25.4 Å². The van der Waals surface area contributed by atoms with Crippen molar-refractivity contribution < 1.29 is 4.74 Å². The molecule has 1 heterocycles. The molecule has 0 amide bonds. The molecule has 1 fully saturated rings. The van der Waals surface area contributed by atoms with Crippen molar-refractivity contribution in [3.63, 3.8) is 0 Å². The monoisotopic (exact) mass is 267 g/mol. The van der Waals surface area contributed by atoms with Gasteiger partial charge in [0.15, 0.2) is 0 Å². The molecule has 2 aromatic rings. The molecule has 104 valence electrons. The summed E-state index contributed by atoms with van der Waals surface area (Å²) in [5, 5.41) is 3.41. The zero-order valence-corrected chi connectivity index (χ0v) is 11.7. The van der Waals surface area contributed by atoms with E-state index in [0.29, 0.717) is 6.10 Å². The van der Waals surface area contributed by atoms with Crippen LogP contribution in [0, 0.1) is 0 Å². The smallest absolute Gasteiger partial charge is 0.119 e. The standard InChI is InChI=1S/C18H21NO/c1-2-5-15(6-3-1)16-8-10-18(11-9-16)20-17-7-4-13-19-14-12-17/h1-3,5-6,8-11,17,19H,4,7,12-14H2. The lowest BCUT2D eigenvalue weighted by Crippen LogP contribution is -2.19. The second-order valence-corrected chi connectivity index (χ2v) is 5.31. The van der Waals surface area contributed by atoms with E-state index >= 15 is 0 Å². The molecule has 1 N–H and O–H groups in total. The average Bonchev–Trinajstić information content (AvgIpc) is 2.78. The number of hydrogen-bond acceptors (Lipinski definition) is 2. The third-order valence-electron chi connectivity index (χ3n) is 3.79. The largest absolute Gasteiger partial charge is 0.490 e. The Hall–Kier alpha value is -1.80. The van der Waals surface area contributed by atoms with Crippen LogP contribution in [0.25, 0.3) is 11.1 Å². The highest BCUT2D eigenvalue weighted by Gasteiger charge is 2.13. The molecular weight excluding hydrogens is 246 g/mol. The summed E-state index contributed by atoms with van der Waals surface area (Å²) in [5.41, 5.74) is 2.48. The molecule has 0 aromatic heterocycles. The van der Waals surface area contributed by atoms with Gasteiger partial charge in [0, 0.05) is 0 Å². The van der Waals surface area contributed by atoms with Crippen LogP contribution in [-0.4, -0.2) is 19.2 Å². The normalized spacial score (nSPS) is 19.3. The molecule has 2 aromatic carbocycles. The second kappa shape index (κ2) is 6.58. The molecule has 1 atom stereocenters. The number of hydrogen-bond donors (Lipinski definition) is 1. The Morgan fingerprint density at radius 3 is 2.35 bits per heavy atom. The first-order valence-corrected chi connectivity index (χ1v) is 7.45. The van der Waals surface area contributed by atoms with E-state index in [1.54, 1.807) is 0 Å². The van der Waals surface area contributed by atoms with Gasteiger partial charge in [-0.2, -0.15) is 0 Å². The van der Waals surface area contributed by atoms with Crippen LogP contribution in [0.5, 0.6) is 5.75 Å². The highest BCUT2D eigenvalue weighted by molar-refractivity contribution is 5.63. The van der Waals surface area contributed by atoms with Gasteiger partial charge in [0.1, 0.15) is 5.75 Å². The minimum atomic E-state index is 0.354. The van der Waals surface area contributed by atoms with Gasteiger partial charge >= 0.3 is 0 Å². The van der Waals surface area contributed by atoms with Crippen LogP contribution in [-0.2, 0) is 0 Å². The average molecular weight is 267 g/mol. The predicted octanol–water partition coefficient (Wildman–Crippen LogP) is 3.87. The number of nitrogens with one attached hydrogen (secondary N) is 1. The maximum Gasteiger partial charge on any atom is 0.119 e. The summed E-state index contributed by atoms with van der Waals surface area (Å²) in [7, 11) is 0. The molecule has 2 nitrogen and oxygen atoms in total. The third-order valence-corrected chi connectivity index (χ3v) is 3.79. The topological polar surface area (TPSA) is 21.3 Å². The van der Waals surface area contributed by atoms with Crippen molar-refractivity contribution in [2.75, 3.05) is 13.1 Å². The Morgan fingerprint density at radius 1 is 0.800 bits per heavy atom. The summed E-state index contributed by atoms with van der Waals surface area (Å²) in [6.45, 7) is 2.18. The first-order valence-electron chi connectivity index (χ1n) is 7.45. The van der Waals surface area contributed by atoms with Crippen LogP contribution in [0.15, 0.2) is 54.6 Å². The first kappa shape index (κ1) is 13.2. The third kappa shape index (κ3) is 3.40. The van der Waals surface area contributed by atoms with Crippen molar-refractivity contribution in [3.05, 3.63) is 54.6 Å². The number of benzene rings is 2. The van der Waals surface area contributed by atoms with Gasteiger partial charge in [-0.25, -0.2) is 0 Å². The summed E-state index contributed by atoms with van der Waals surface area (Å²) in [6, 6.07) is 18.9. The van der Waals surface area contributed by atoms with Crippen molar-refractivity contribution in [3.8, 4) is 16.9 Å². The highest BCUT2D eigenvalue weighted by atomic mass is 16.5. The SMILES string of the molecule is c1ccc(-c2ccc(OC3CCCNCC3)cc2)cc1. The lowest BCUT2D eigenvalue weighted by atomic mass is 10.1. The molecule has 0 bridgehead atoms. The molecule has 0 aliphatic carbocycles. The molecule has 20 heavy (non-hydrogen) atoms. The molecular formula is C18H21NO. The zero-order chi connectivity index (χ0) is 13.6. The van der Waals surface area contributed by atoms with Gasteiger partial charge in [-0.15, -0.1) is 0 Å². The van der Waals surface area contributed by atoms with E-state index in [-0.39, 0.29) is 0 Å². The zero-order valence-electron chi connectivity index (χ0n) is 11.7. The van der Waals surface area contributed by atoms with E-state index in [1.165, 1.54) is 17.5 Å². The van der Waals surface area contributed by atoms with Crippen molar-refractivity contribution in [2.24, 2.45) is 0 Å². The van der Waals surface area contributed by atoms with Crippen LogP contribution >= 0.6 is 0 Å². The summed E-state index contributed by atoms with van der Waals surface area (Å²) in [4.78, 5) is 0. The Kier molecular flexibility index (Phi) is 4.34. The Morgan fingerprint density at radius 2 is 1.55 bits per heavy atom. The summed E-state index contributed by atoms with van der Waals surface area (Å²) in [5.74, 6) is 0.983. The Balaban J connectivity index is 1.67. The molecule has 3 rings (SSSR count).